The Kier molecular flexibility index (Phi) is 26.6. The molecule has 0 saturated carbocycles. The van der Waals surface area contributed by atoms with Crippen LogP contribution in [-0.4, -0.2) is 162 Å². The number of halogens is 18. The molecule has 3 saturated heterocycles. The van der Waals surface area contributed by atoms with E-state index in [2.05, 4.69) is 65.8 Å². The normalized spacial score (nSPS) is 18.3. The van der Waals surface area contributed by atoms with E-state index in [9.17, 15) is 114 Å². The molecule has 46 heteroatoms. The van der Waals surface area contributed by atoms with Crippen LogP contribution >= 0.6 is 11.6 Å². The first kappa shape index (κ1) is 87.6. The van der Waals surface area contributed by atoms with Crippen molar-refractivity contribution in [3.05, 3.63) is 233 Å². The van der Waals surface area contributed by atoms with E-state index in [0.29, 0.717) is 26.8 Å². The third-order valence-electron chi connectivity index (χ3n) is 17.7. The quantitative estimate of drug-likeness (QED) is 0.0471. The van der Waals surface area contributed by atoms with Gasteiger partial charge in [-0.25, -0.2) is 110 Å². The molecular weight excluding hydrogens is 1690 g/mol. The Balaban J connectivity index is 0.000000176. The zero-order valence-corrected chi connectivity index (χ0v) is 62.8. The molecule has 0 radical (unpaired) electrons. The van der Waals surface area contributed by atoms with E-state index in [1.165, 1.54) is 54.9 Å². The van der Waals surface area contributed by atoms with Crippen LogP contribution in [0.5, 0.6) is 0 Å². The molecule has 10 aromatic rings. The highest BCUT2D eigenvalue weighted by molar-refractivity contribution is 7.89. The van der Waals surface area contributed by atoms with Crippen LogP contribution in [0.25, 0.3) is 45.0 Å². The van der Waals surface area contributed by atoms with Gasteiger partial charge in [0.15, 0.2) is 0 Å². The van der Waals surface area contributed by atoms with Gasteiger partial charge in [0.2, 0.25) is 65.3 Å². The van der Waals surface area contributed by atoms with Gasteiger partial charge in [0.05, 0.1) is 49.7 Å². The fraction of sp³-hybridized carbons (Fsp3) is 0.264. The Hall–Kier alpha value is -11.3. The molecule has 3 amide bonds. The van der Waals surface area contributed by atoms with Crippen molar-refractivity contribution < 1.29 is 114 Å². The zero-order valence-electron chi connectivity index (χ0n) is 59.6. The molecule has 9 heterocycles. The van der Waals surface area contributed by atoms with E-state index in [-0.39, 0.29) is 97.2 Å². The van der Waals surface area contributed by atoms with Crippen molar-refractivity contribution in [2.24, 2.45) is 0 Å². The summed E-state index contributed by atoms with van der Waals surface area (Å²) in [6.07, 6.45) is -16.6. The van der Waals surface area contributed by atoms with E-state index >= 15 is 0 Å². The number of nitrogens with one attached hydrogen (secondary N) is 3. The number of carbonyl (C=O) groups is 3. The maximum Gasteiger partial charge on any atom is 0.451 e. The van der Waals surface area contributed by atoms with Gasteiger partial charge >= 0.3 is 18.5 Å². The summed E-state index contributed by atoms with van der Waals surface area (Å²) in [5.41, 5.74) is 1.98. The molecule has 6 aromatic heterocycles. The lowest BCUT2D eigenvalue weighted by Crippen LogP contribution is -2.45. The van der Waals surface area contributed by atoms with Crippen LogP contribution in [0.4, 0.5) is 74.6 Å². The van der Waals surface area contributed by atoms with Gasteiger partial charge in [-0.1, -0.05) is 35.9 Å². The SMILES string of the molecule is O=C(NCc1cc(-c2ccc(C(F)F)cc2)ncn1)[C@@H]1C[C@@H](F)CN1S(=O)(=O)c1ccc(F)cc1.O=C(NCc1cc(-c2cnc(C(F)(F)F)nc2)nc(-c2cnc(C(F)(F)F)nc2)c1)[C@@H]1C[C@@H](F)CN1S(=O)(=O)c1ccc(F)cc1.O=C(NCc1cc(Cl)nc(-c2cnc(C(F)(F)F)nc2)c1)[C@@H]1C[C@@H](F)CN1S(=O)(=O)c1ccc(F)cc1. The number of sulfonamides is 3. The summed E-state index contributed by atoms with van der Waals surface area (Å²) >= 11 is 6.02. The van der Waals surface area contributed by atoms with Crippen LogP contribution in [0.3, 0.4) is 0 Å². The summed E-state index contributed by atoms with van der Waals surface area (Å²) in [5.74, 6) is -8.57. The molecule has 0 spiro atoms. The molecule has 3 aliphatic rings. The van der Waals surface area contributed by atoms with Crippen LogP contribution in [0, 0.1) is 17.5 Å². The minimum atomic E-state index is -4.84. The summed E-state index contributed by atoms with van der Waals surface area (Å²) in [6.45, 7) is -2.30. The average molecular weight is 1740 g/mol. The molecule has 3 fully saturated rings. The minimum absolute atomic E-state index is 0.0251. The monoisotopic (exact) mass is 1740 g/mol. The summed E-state index contributed by atoms with van der Waals surface area (Å²) in [5, 5.41) is 7.53. The third kappa shape index (κ3) is 21.4. The van der Waals surface area contributed by atoms with Gasteiger partial charge in [0, 0.05) is 117 Å². The third-order valence-corrected chi connectivity index (χ3v) is 23.5. The number of hydrogen-bond acceptors (Lipinski definition) is 19. The number of amides is 3. The lowest BCUT2D eigenvalue weighted by Gasteiger charge is -2.23. The van der Waals surface area contributed by atoms with Crippen LogP contribution in [0.2, 0.25) is 5.15 Å². The Morgan fingerprint density at radius 3 is 1.04 bits per heavy atom. The summed E-state index contributed by atoms with van der Waals surface area (Å²) in [4.78, 5) is 74.0. The van der Waals surface area contributed by atoms with Crippen LogP contribution < -0.4 is 16.0 Å². The molecule has 4 aromatic carbocycles. The van der Waals surface area contributed by atoms with E-state index in [4.69, 9.17) is 11.6 Å². The Morgan fingerprint density at radius 1 is 0.407 bits per heavy atom. The molecular formula is C72H56ClF17N16O9S3. The number of nitrogens with zero attached hydrogens (tertiary/aromatic N) is 13. The van der Waals surface area contributed by atoms with Gasteiger partial charge in [-0.3, -0.25) is 14.4 Å². The Bertz CT molecular complexity index is 5570. The molecule has 0 bridgehead atoms. The molecule has 25 nitrogen and oxygen atoms in total. The number of rotatable bonds is 20. The lowest BCUT2D eigenvalue weighted by atomic mass is 10.1. The van der Waals surface area contributed by atoms with Crippen LogP contribution in [-0.2, 0) is 82.6 Å². The van der Waals surface area contributed by atoms with Gasteiger partial charge in [-0.2, -0.15) is 52.4 Å². The predicted octanol–water partition coefficient (Wildman–Crippen LogP) is 12.0. The lowest BCUT2D eigenvalue weighted by molar-refractivity contribution is -0.145. The van der Waals surface area contributed by atoms with Gasteiger partial charge in [-0.05, 0) is 114 Å². The summed E-state index contributed by atoms with van der Waals surface area (Å²) < 4.78 is 304. The first-order chi connectivity index (χ1) is 55.5. The van der Waals surface area contributed by atoms with Crippen molar-refractivity contribution in [3.8, 4) is 45.0 Å². The van der Waals surface area contributed by atoms with Gasteiger partial charge < -0.3 is 16.0 Å². The first-order valence-corrected chi connectivity index (χ1v) is 38.8. The second kappa shape index (κ2) is 35.9. The standard InChI is InChI=1S/C27H19F8N7O3S.C23H20F4N4O3S.C22H17ClF5N5O3S/c28-17-1-3-19(4-2-17)46(44,45)42-13-18(29)7-22(42)23(43)36-8-14-5-20(15-9-37-24(38-10-15)26(30,31)32)41-21(6-14)16-11-39-25(40-12-16)27(33,34)35;24-16-5-7-19(8-6-16)35(33,34)31-12-17(25)9-21(31)23(32)28-11-18-10-20(30-13-29-18)14-1-3-15(4-2-14)22(26)27;23-19-6-12(5-17(32-19)13-9-30-21(31-10-13)22(26,27)28)8-29-20(34)18-7-15(25)11-33(18)37(35,36)16-3-1-14(24)2-4-16/h1-6,9-12,18,22H,7-8,13H2,(H,36,43);1-8,10,13,17,21-22H,9,11-12H2,(H,28,32);1-6,9-10,15,18H,7-8,11H2,(H,29,34)/t18-,22+;17-,21+;15-,18+/m111/s1. The van der Waals surface area contributed by atoms with Gasteiger partial charge in [0.1, 0.15) is 65.6 Å². The largest absolute Gasteiger partial charge is 0.451 e. The second-order valence-electron chi connectivity index (χ2n) is 25.9. The highest BCUT2D eigenvalue weighted by Crippen LogP contribution is 2.36. The predicted molar refractivity (Wildman–Crippen MR) is 380 cm³/mol. The molecule has 3 aliphatic heterocycles. The Labute approximate surface area is 662 Å². The molecule has 13 rings (SSSR count). The van der Waals surface area contributed by atoms with E-state index < -0.39 is 170 Å². The molecule has 3 N–H and O–H groups in total. The second-order valence-corrected chi connectivity index (χ2v) is 32.0. The molecule has 0 unspecified atom stereocenters. The van der Waals surface area contributed by atoms with Crippen LogP contribution in [0.15, 0.2) is 186 Å². The number of carbonyl (C=O) groups excluding carboxylic acids is 3. The number of aromatic nitrogens is 10. The zero-order chi connectivity index (χ0) is 85.6. The molecule has 6 atom stereocenters. The molecule has 622 valence electrons. The smallest absolute Gasteiger partial charge is 0.351 e. The minimum Gasteiger partial charge on any atom is -0.351 e. The van der Waals surface area contributed by atoms with Crippen molar-refractivity contribution >= 4 is 59.4 Å². The van der Waals surface area contributed by atoms with Crippen molar-refractivity contribution in [2.45, 2.75) is 115 Å². The number of pyridine rings is 2. The topological polar surface area (TPSA) is 328 Å². The highest BCUT2D eigenvalue weighted by atomic mass is 35.5. The van der Waals surface area contributed by atoms with Crippen molar-refractivity contribution in [3.63, 3.8) is 0 Å². The number of alkyl halides is 14. The van der Waals surface area contributed by atoms with E-state index in [1.54, 1.807) is 6.07 Å². The van der Waals surface area contributed by atoms with Crippen molar-refractivity contribution in [1.82, 2.24) is 78.7 Å². The summed E-state index contributed by atoms with van der Waals surface area (Å²) in [6, 6.07) is 20.1. The maximum absolute atomic E-state index is 14.4. The van der Waals surface area contributed by atoms with E-state index in [0.717, 1.165) is 119 Å². The number of benzene rings is 4. The van der Waals surface area contributed by atoms with Gasteiger partial charge in [-0.15, -0.1) is 0 Å². The first-order valence-electron chi connectivity index (χ1n) is 34.1. The Morgan fingerprint density at radius 2 is 0.720 bits per heavy atom. The maximum atomic E-state index is 14.4. The molecule has 118 heavy (non-hydrogen) atoms. The van der Waals surface area contributed by atoms with Crippen LogP contribution in [0.1, 0.15) is 65.5 Å². The highest BCUT2D eigenvalue weighted by Gasteiger charge is 2.48. The average Bonchev–Trinajstić information content (AvgIpc) is 1.56. The number of hydrogen-bond donors (Lipinski definition) is 3. The van der Waals surface area contributed by atoms with Gasteiger partial charge in [0.25, 0.3) is 6.43 Å². The molecule has 0 aliphatic carbocycles. The summed E-state index contributed by atoms with van der Waals surface area (Å²) in [7, 11) is -12.9. The van der Waals surface area contributed by atoms with Crippen molar-refractivity contribution in [2.75, 3.05) is 19.6 Å². The van der Waals surface area contributed by atoms with Crippen molar-refractivity contribution in [1.29, 1.82) is 0 Å². The fourth-order valence-corrected chi connectivity index (χ4v) is 17.1. The van der Waals surface area contributed by atoms with E-state index in [1.807, 2.05) is 0 Å². The fourth-order valence-electron chi connectivity index (χ4n) is 12.0.